The number of hydrogen-bond donors (Lipinski definition) is 1. The Labute approximate surface area is 168 Å². The number of hydrogen-bond acceptors (Lipinski definition) is 4. The van der Waals surface area contributed by atoms with Gasteiger partial charge in [-0.2, -0.15) is 10.1 Å². The van der Waals surface area contributed by atoms with Gasteiger partial charge in [0, 0.05) is 22.7 Å². The molecule has 2 aliphatic rings. The largest absolute Gasteiger partial charge is 0.328 e. The Hall–Kier alpha value is -2.92. The molecule has 2 heterocycles. The molecule has 0 amide bonds. The minimum atomic E-state index is -0.243. The summed E-state index contributed by atoms with van der Waals surface area (Å²) in [6.07, 6.45) is 2.77. The fraction of sp³-hybridized carbons (Fsp3) is 0.227. The third-order valence-corrected chi connectivity index (χ3v) is 5.85. The Balaban J connectivity index is 1.58. The van der Waals surface area contributed by atoms with Crippen molar-refractivity contribution in [2.75, 3.05) is 5.32 Å². The summed E-state index contributed by atoms with van der Waals surface area (Å²) in [6.45, 7) is 2.06. The summed E-state index contributed by atoms with van der Waals surface area (Å²) in [5, 5.41) is 8.45. The average Bonchev–Trinajstić information content (AvgIpc) is 3.16. The van der Waals surface area contributed by atoms with E-state index in [1.165, 1.54) is 11.9 Å². The number of fused-ring (bicyclic) bond motifs is 1. The highest BCUT2D eigenvalue weighted by atomic mass is 35.5. The van der Waals surface area contributed by atoms with Crippen molar-refractivity contribution in [3.63, 3.8) is 0 Å². The van der Waals surface area contributed by atoms with Crippen LogP contribution < -0.4 is 5.32 Å². The number of Topliss-reactive ketones (excluding diaryl/α,β-unsaturated/α-hetero) is 1. The lowest BCUT2D eigenvalue weighted by atomic mass is 9.78. The molecule has 2 aromatic carbocycles. The quantitative estimate of drug-likeness (QED) is 0.691. The molecule has 6 heteroatoms. The van der Waals surface area contributed by atoms with Crippen molar-refractivity contribution in [1.82, 2.24) is 14.8 Å². The second-order valence-corrected chi connectivity index (χ2v) is 7.87. The van der Waals surface area contributed by atoms with Crippen molar-refractivity contribution < 1.29 is 4.79 Å². The smallest absolute Gasteiger partial charge is 0.226 e. The lowest BCUT2D eigenvalue weighted by Crippen LogP contribution is -2.33. The molecule has 0 fully saturated rings. The number of rotatable bonds is 2. The van der Waals surface area contributed by atoms with Crippen molar-refractivity contribution in [3.8, 4) is 0 Å². The normalized spacial score (nSPS) is 21.1. The summed E-state index contributed by atoms with van der Waals surface area (Å²) >= 11 is 6.03. The first-order chi connectivity index (χ1) is 13.6. The van der Waals surface area contributed by atoms with Crippen molar-refractivity contribution in [1.29, 1.82) is 0 Å². The number of anilines is 1. The summed E-state index contributed by atoms with van der Waals surface area (Å²) in [5.41, 5.74) is 5.10. The number of carbonyl (C=O) groups is 1. The third kappa shape index (κ3) is 2.83. The first-order valence-electron chi connectivity index (χ1n) is 9.35. The predicted molar refractivity (Wildman–Crippen MR) is 108 cm³/mol. The molecule has 0 spiro atoms. The molecule has 28 heavy (non-hydrogen) atoms. The Kier molecular flexibility index (Phi) is 4.05. The van der Waals surface area contributed by atoms with Crippen molar-refractivity contribution in [2.45, 2.75) is 31.7 Å². The molecule has 0 bridgehead atoms. The molecular weight excluding hydrogens is 372 g/mol. The monoisotopic (exact) mass is 390 g/mol. The Bertz CT molecular complexity index is 1080. The predicted octanol–water partition coefficient (Wildman–Crippen LogP) is 4.66. The van der Waals surface area contributed by atoms with Crippen LogP contribution in [-0.2, 0) is 4.79 Å². The summed E-state index contributed by atoms with van der Waals surface area (Å²) in [5.74, 6) is 0.957. The van der Waals surface area contributed by atoms with E-state index in [-0.39, 0.29) is 17.7 Å². The SMILES string of the molecule is Cc1ccc([C@H]2C3=C(C[C@@H](c4ccc(Cl)cc4)CC3=O)Nc3ncnn32)cc1. The van der Waals surface area contributed by atoms with Crippen LogP contribution >= 0.6 is 11.6 Å². The molecule has 1 N–H and O–H groups in total. The highest BCUT2D eigenvalue weighted by Crippen LogP contribution is 2.43. The summed E-state index contributed by atoms with van der Waals surface area (Å²) < 4.78 is 1.81. The zero-order valence-electron chi connectivity index (χ0n) is 15.4. The van der Waals surface area contributed by atoms with E-state index >= 15 is 0 Å². The number of nitrogens with one attached hydrogen (secondary N) is 1. The van der Waals surface area contributed by atoms with Gasteiger partial charge in [0.25, 0.3) is 0 Å². The third-order valence-electron chi connectivity index (χ3n) is 5.60. The molecule has 1 aliphatic carbocycles. The Morgan fingerprint density at radius 3 is 2.50 bits per heavy atom. The van der Waals surface area contributed by atoms with Gasteiger partial charge in [-0.1, -0.05) is 53.6 Å². The first-order valence-corrected chi connectivity index (χ1v) is 9.73. The summed E-state index contributed by atoms with van der Waals surface area (Å²) in [4.78, 5) is 17.6. The Morgan fingerprint density at radius 1 is 1.04 bits per heavy atom. The molecule has 0 radical (unpaired) electrons. The Morgan fingerprint density at radius 2 is 1.75 bits per heavy atom. The summed E-state index contributed by atoms with van der Waals surface area (Å²) in [7, 11) is 0. The molecule has 0 saturated heterocycles. The first kappa shape index (κ1) is 17.2. The lowest BCUT2D eigenvalue weighted by molar-refractivity contribution is -0.116. The second kappa shape index (κ2) is 6.60. The molecule has 2 atom stereocenters. The number of benzene rings is 2. The van der Waals surface area contributed by atoms with Crippen LogP contribution in [0.5, 0.6) is 0 Å². The maximum Gasteiger partial charge on any atom is 0.226 e. The van der Waals surface area contributed by atoms with Gasteiger partial charge in [-0.3, -0.25) is 4.79 Å². The molecule has 140 valence electrons. The lowest BCUT2D eigenvalue weighted by Gasteiger charge is -2.35. The average molecular weight is 391 g/mol. The van der Waals surface area contributed by atoms with E-state index in [1.807, 2.05) is 28.9 Å². The number of aromatic nitrogens is 3. The number of allylic oxidation sites excluding steroid dienone is 2. The zero-order valence-corrected chi connectivity index (χ0v) is 16.1. The van der Waals surface area contributed by atoms with Crippen LogP contribution in [-0.4, -0.2) is 20.5 Å². The van der Waals surface area contributed by atoms with Crippen LogP contribution in [0.15, 0.2) is 66.1 Å². The maximum atomic E-state index is 13.3. The number of aryl methyl sites for hydroxylation is 1. The van der Waals surface area contributed by atoms with Gasteiger partial charge in [0.15, 0.2) is 5.78 Å². The van der Waals surface area contributed by atoms with Gasteiger partial charge in [0.05, 0.1) is 0 Å². The zero-order chi connectivity index (χ0) is 19.3. The summed E-state index contributed by atoms with van der Waals surface area (Å²) in [6, 6.07) is 15.8. The van der Waals surface area contributed by atoms with Gasteiger partial charge >= 0.3 is 0 Å². The van der Waals surface area contributed by atoms with Crippen LogP contribution in [0.2, 0.25) is 5.02 Å². The minimum Gasteiger partial charge on any atom is -0.328 e. The number of ketones is 1. The molecule has 5 rings (SSSR count). The van der Waals surface area contributed by atoms with E-state index in [0.717, 1.165) is 28.8 Å². The number of carbonyl (C=O) groups excluding carboxylic acids is 1. The van der Waals surface area contributed by atoms with E-state index in [9.17, 15) is 4.79 Å². The molecule has 0 saturated carbocycles. The van der Waals surface area contributed by atoms with Crippen LogP contribution in [0.3, 0.4) is 0 Å². The van der Waals surface area contributed by atoms with Gasteiger partial charge < -0.3 is 5.32 Å². The molecule has 0 unspecified atom stereocenters. The van der Waals surface area contributed by atoms with Gasteiger partial charge in [-0.15, -0.1) is 0 Å². The molecular formula is C22H19ClN4O. The van der Waals surface area contributed by atoms with E-state index in [0.29, 0.717) is 17.4 Å². The highest BCUT2D eigenvalue weighted by Gasteiger charge is 2.39. The molecule has 5 nitrogen and oxygen atoms in total. The van der Waals surface area contributed by atoms with Crippen molar-refractivity contribution in [2.24, 2.45) is 0 Å². The molecule has 1 aromatic heterocycles. The molecule has 1 aliphatic heterocycles. The van der Waals surface area contributed by atoms with Crippen LogP contribution in [0.4, 0.5) is 5.95 Å². The topological polar surface area (TPSA) is 59.8 Å². The molecule has 3 aromatic rings. The standard InChI is InChI=1S/C22H19ClN4O/c1-13-2-4-15(5-3-13)21-20-18(26-22-24-12-25-27(21)22)10-16(11-19(20)28)14-6-8-17(23)9-7-14/h2-9,12,16,21H,10-11H2,1H3,(H,24,25,26)/t16-,21+/m1/s1. The maximum absolute atomic E-state index is 13.3. The van der Waals surface area contributed by atoms with Crippen molar-refractivity contribution in [3.05, 3.63) is 87.8 Å². The number of nitrogens with zero attached hydrogens (tertiary/aromatic N) is 3. The second-order valence-electron chi connectivity index (χ2n) is 7.44. The number of halogens is 1. The van der Waals surface area contributed by atoms with Crippen LogP contribution in [0, 0.1) is 6.92 Å². The minimum absolute atomic E-state index is 0.129. The van der Waals surface area contributed by atoms with Gasteiger partial charge in [-0.25, -0.2) is 4.68 Å². The van der Waals surface area contributed by atoms with E-state index in [2.05, 4.69) is 46.6 Å². The fourth-order valence-corrected chi connectivity index (χ4v) is 4.31. The van der Waals surface area contributed by atoms with E-state index in [4.69, 9.17) is 11.6 Å². The van der Waals surface area contributed by atoms with Gasteiger partial charge in [0.2, 0.25) is 5.95 Å². The van der Waals surface area contributed by atoms with E-state index < -0.39 is 0 Å². The van der Waals surface area contributed by atoms with Gasteiger partial charge in [-0.05, 0) is 42.5 Å². The fourth-order valence-electron chi connectivity index (χ4n) is 4.18. The van der Waals surface area contributed by atoms with Crippen LogP contribution in [0.1, 0.15) is 41.5 Å². The highest BCUT2D eigenvalue weighted by molar-refractivity contribution is 6.30. The van der Waals surface area contributed by atoms with Crippen LogP contribution in [0.25, 0.3) is 0 Å². The van der Waals surface area contributed by atoms with E-state index in [1.54, 1.807) is 0 Å². The van der Waals surface area contributed by atoms with Crippen molar-refractivity contribution >= 4 is 23.3 Å². The van der Waals surface area contributed by atoms with Gasteiger partial charge in [0.1, 0.15) is 12.4 Å².